The molecule has 0 bridgehead atoms. The maximum absolute atomic E-state index is 8.98. The molecule has 0 unspecified atom stereocenters. The number of hydrogen-bond acceptors (Lipinski definition) is 5. The van der Waals surface area contributed by atoms with Gasteiger partial charge in [-0.05, 0) is 12.8 Å². The van der Waals surface area contributed by atoms with Gasteiger partial charge in [-0.3, -0.25) is 0 Å². The number of aromatic nitrogens is 2. The second-order valence-electron chi connectivity index (χ2n) is 3.77. The number of nitrogens with two attached hydrogens (primary N) is 1. The molecule has 1 aliphatic carbocycles. The Bertz CT molecular complexity index is 471. The zero-order chi connectivity index (χ0) is 11.5. The van der Waals surface area contributed by atoms with Crippen LogP contribution in [-0.2, 0) is 6.54 Å². The van der Waals surface area contributed by atoms with Crippen molar-refractivity contribution in [2.24, 2.45) is 0 Å². The molecular formula is C10H12N6. The van der Waals surface area contributed by atoms with Crippen molar-refractivity contribution in [3.63, 3.8) is 0 Å². The summed E-state index contributed by atoms with van der Waals surface area (Å²) in [5, 5.41) is 24.8. The van der Waals surface area contributed by atoms with E-state index in [4.69, 9.17) is 16.3 Å². The van der Waals surface area contributed by atoms with Crippen molar-refractivity contribution < 1.29 is 0 Å². The van der Waals surface area contributed by atoms with Gasteiger partial charge in [0, 0.05) is 6.04 Å². The Morgan fingerprint density at radius 1 is 1.50 bits per heavy atom. The fourth-order valence-corrected chi connectivity index (χ4v) is 1.43. The minimum Gasteiger partial charge on any atom is -0.383 e. The van der Waals surface area contributed by atoms with Crippen LogP contribution in [-0.4, -0.2) is 15.8 Å². The highest BCUT2D eigenvalue weighted by molar-refractivity contribution is 5.64. The number of nitrogens with one attached hydrogen (secondary N) is 1. The van der Waals surface area contributed by atoms with Crippen LogP contribution in [0.5, 0.6) is 0 Å². The molecule has 0 spiro atoms. The molecule has 2 rings (SSSR count). The molecule has 1 aromatic rings. The molecule has 0 aromatic carbocycles. The van der Waals surface area contributed by atoms with E-state index in [1.807, 2.05) is 12.1 Å². The van der Waals surface area contributed by atoms with Crippen molar-refractivity contribution in [3.05, 3.63) is 5.56 Å². The molecule has 1 aliphatic rings. The van der Waals surface area contributed by atoms with Crippen LogP contribution < -0.4 is 11.1 Å². The minimum absolute atomic E-state index is 0.333. The van der Waals surface area contributed by atoms with Crippen LogP contribution in [0.3, 0.4) is 0 Å². The van der Waals surface area contributed by atoms with Crippen molar-refractivity contribution in [2.75, 3.05) is 11.1 Å². The van der Waals surface area contributed by atoms with Gasteiger partial charge in [-0.15, -0.1) is 0 Å². The predicted molar refractivity (Wildman–Crippen MR) is 58.2 cm³/mol. The minimum atomic E-state index is 0.333. The Morgan fingerprint density at radius 2 is 2.25 bits per heavy atom. The molecule has 1 aromatic heterocycles. The Morgan fingerprint density at radius 3 is 2.81 bits per heavy atom. The summed E-state index contributed by atoms with van der Waals surface area (Å²) >= 11 is 0. The van der Waals surface area contributed by atoms with Crippen LogP contribution in [0.25, 0.3) is 0 Å². The molecule has 6 heteroatoms. The van der Waals surface area contributed by atoms with E-state index in [0.29, 0.717) is 36.2 Å². The van der Waals surface area contributed by atoms with Gasteiger partial charge in [0.25, 0.3) is 0 Å². The highest BCUT2D eigenvalue weighted by Gasteiger charge is 2.25. The summed E-state index contributed by atoms with van der Waals surface area (Å²) in [6.07, 6.45) is 2.55. The predicted octanol–water partition coefficient (Wildman–Crippen LogP) is 0.825. The standard InChI is InChI=1S/C10H12N6/c11-4-1-5-16-9(13)8(6-12)10(15-16)14-7-2-3-7/h7H,1-3,5,13H2,(H,14,15). The molecule has 1 saturated carbocycles. The molecule has 3 N–H and O–H groups in total. The molecule has 1 fully saturated rings. The van der Waals surface area contributed by atoms with Crippen LogP contribution in [0.2, 0.25) is 0 Å². The number of aryl methyl sites for hydroxylation is 1. The third-order valence-electron chi connectivity index (χ3n) is 2.46. The summed E-state index contributed by atoms with van der Waals surface area (Å²) in [5.41, 5.74) is 6.16. The Kier molecular flexibility index (Phi) is 2.65. The quantitative estimate of drug-likeness (QED) is 0.775. The van der Waals surface area contributed by atoms with E-state index in [1.54, 1.807) is 0 Å². The van der Waals surface area contributed by atoms with Crippen molar-refractivity contribution in [2.45, 2.75) is 31.8 Å². The summed E-state index contributed by atoms with van der Waals surface area (Å²) < 4.78 is 1.51. The zero-order valence-corrected chi connectivity index (χ0v) is 8.77. The second kappa shape index (κ2) is 4.11. The second-order valence-corrected chi connectivity index (χ2v) is 3.77. The van der Waals surface area contributed by atoms with Crippen LogP contribution in [0, 0.1) is 22.7 Å². The lowest BCUT2D eigenvalue weighted by Crippen LogP contribution is -2.05. The lowest BCUT2D eigenvalue weighted by atomic mass is 10.3. The normalized spacial score (nSPS) is 14.1. The van der Waals surface area contributed by atoms with Gasteiger partial charge in [0.15, 0.2) is 5.82 Å². The van der Waals surface area contributed by atoms with Gasteiger partial charge in [-0.1, -0.05) is 0 Å². The highest BCUT2D eigenvalue weighted by Crippen LogP contribution is 2.28. The average molecular weight is 216 g/mol. The number of nitriles is 2. The first-order valence-electron chi connectivity index (χ1n) is 5.16. The van der Waals surface area contributed by atoms with Crippen molar-refractivity contribution in [1.82, 2.24) is 9.78 Å². The summed E-state index contributed by atoms with van der Waals surface area (Å²) in [5.74, 6) is 0.876. The summed E-state index contributed by atoms with van der Waals surface area (Å²) in [6.45, 7) is 0.420. The van der Waals surface area contributed by atoms with E-state index in [9.17, 15) is 0 Å². The molecule has 1 heterocycles. The van der Waals surface area contributed by atoms with Gasteiger partial charge in [0.05, 0.1) is 19.0 Å². The van der Waals surface area contributed by atoms with Crippen molar-refractivity contribution in [3.8, 4) is 12.1 Å². The summed E-state index contributed by atoms with van der Waals surface area (Å²) in [4.78, 5) is 0. The lowest BCUT2D eigenvalue weighted by Gasteiger charge is -1.98. The van der Waals surface area contributed by atoms with Gasteiger partial charge in [0.2, 0.25) is 0 Å². The van der Waals surface area contributed by atoms with Crippen LogP contribution >= 0.6 is 0 Å². The molecule has 0 saturated heterocycles. The molecule has 0 atom stereocenters. The van der Waals surface area contributed by atoms with Crippen LogP contribution in [0.4, 0.5) is 11.6 Å². The number of rotatable bonds is 4. The van der Waals surface area contributed by atoms with Gasteiger partial charge in [-0.2, -0.15) is 15.6 Å². The average Bonchev–Trinajstić information content (AvgIpc) is 3.02. The lowest BCUT2D eigenvalue weighted by molar-refractivity contribution is 0.638. The first-order valence-corrected chi connectivity index (χ1v) is 5.16. The zero-order valence-electron chi connectivity index (χ0n) is 8.77. The molecule has 0 amide bonds. The van der Waals surface area contributed by atoms with Crippen LogP contribution in [0.1, 0.15) is 24.8 Å². The van der Waals surface area contributed by atoms with E-state index < -0.39 is 0 Å². The fourth-order valence-electron chi connectivity index (χ4n) is 1.43. The molecule has 0 aliphatic heterocycles. The maximum atomic E-state index is 8.98. The van der Waals surface area contributed by atoms with E-state index in [1.165, 1.54) is 4.68 Å². The first kappa shape index (κ1) is 10.3. The Hall–Kier alpha value is -2.21. The third kappa shape index (κ3) is 1.91. The number of nitrogen functional groups attached to an aromatic ring is 1. The number of nitrogens with zero attached hydrogens (tertiary/aromatic N) is 4. The summed E-state index contributed by atoms with van der Waals surface area (Å²) in [6, 6.07) is 4.49. The molecule has 16 heavy (non-hydrogen) atoms. The van der Waals surface area contributed by atoms with Crippen molar-refractivity contribution >= 4 is 11.6 Å². The highest BCUT2D eigenvalue weighted by atomic mass is 15.3. The molecule has 6 nitrogen and oxygen atoms in total. The molecule has 82 valence electrons. The maximum Gasteiger partial charge on any atom is 0.168 e. The number of hydrogen-bond donors (Lipinski definition) is 2. The van der Waals surface area contributed by atoms with E-state index in [2.05, 4.69) is 10.4 Å². The largest absolute Gasteiger partial charge is 0.383 e. The number of anilines is 2. The van der Waals surface area contributed by atoms with Gasteiger partial charge >= 0.3 is 0 Å². The summed E-state index contributed by atoms with van der Waals surface area (Å²) in [7, 11) is 0. The van der Waals surface area contributed by atoms with Gasteiger partial charge in [-0.25, -0.2) is 4.68 Å². The fraction of sp³-hybridized carbons (Fsp3) is 0.500. The van der Waals surface area contributed by atoms with E-state index >= 15 is 0 Å². The Labute approximate surface area is 93.3 Å². The topological polar surface area (TPSA) is 103 Å². The third-order valence-corrected chi connectivity index (χ3v) is 2.46. The van der Waals surface area contributed by atoms with Gasteiger partial charge in [0.1, 0.15) is 17.5 Å². The van der Waals surface area contributed by atoms with E-state index in [0.717, 1.165) is 12.8 Å². The van der Waals surface area contributed by atoms with Crippen molar-refractivity contribution in [1.29, 1.82) is 10.5 Å². The Balaban J connectivity index is 2.23. The SMILES string of the molecule is N#CCCn1nc(NC2CC2)c(C#N)c1N. The van der Waals surface area contributed by atoms with Crippen LogP contribution in [0.15, 0.2) is 0 Å². The van der Waals surface area contributed by atoms with Gasteiger partial charge < -0.3 is 11.1 Å². The molecular weight excluding hydrogens is 204 g/mol. The van der Waals surface area contributed by atoms with E-state index in [-0.39, 0.29) is 0 Å². The smallest absolute Gasteiger partial charge is 0.168 e. The molecule has 0 radical (unpaired) electrons. The monoisotopic (exact) mass is 216 g/mol. The first-order chi connectivity index (χ1) is 7.76.